The second-order valence-electron chi connectivity index (χ2n) is 5.52. The second-order valence-corrected chi connectivity index (χ2v) is 5.52. The van der Waals surface area contributed by atoms with Crippen LogP contribution >= 0.6 is 0 Å². The van der Waals surface area contributed by atoms with Crippen LogP contribution in [0.3, 0.4) is 0 Å². The first-order valence-corrected chi connectivity index (χ1v) is 7.37. The summed E-state index contributed by atoms with van der Waals surface area (Å²) < 4.78 is 11.1. The van der Waals surface area contributed by atoms with Crippen molar-refractivity contribution in [2.75, 3.05) is 40.0 Å². The molecule has 0 aromatic heterocycles. The van der Waals surface area contributed by atoms with Gasteiger partial charge in [0.25, 0.3) is 0 Å². The molecule has 1 N–H and O–H groups in total. The van der Waals surface area contributed by atoms with Crippen LogP contribution < -0.4 is 4.74 Å². The van der Waals surface area contributed by atoms with E-state index in [1.54, 1.807) is 24.3 Å². The zero-order valence-electron chi connectivity index (χ0n) is 12.5. The Labute approximate surface area is 125 Å². The Morgan fingerprint density at radius 3 is 2.81 bits per heavy atom. The van der Waals surface area contributed by atoms with Crippen LogP contribution in [0.1, 0.15) is 23.2 Å². The summed E-state index contributed by atoms with van der Waals surface area (Å²) in [5.74, 6) is 0.406. The maximum absolute atomic E-state index is 10.7. The summed E-state index contributed by atoms with van der Waals surface area (Å²) in [6.45, 7) is 4.23. The third-order valence-electron chi connectivity index (χ3n) is 3.67. The molecule has 2 rings (SSSR count). The number of nitrogens with zero attached hydrogens (tertiary/aromatic N) is 1. The molecule has 5 nitrogen and oxygen atoms in total. The zero-order chi connectivity index (χ0) is 15.1. The maximum atomic E-state index is 10.7. The number of ether oxygens (including phenoxy) is 2. The van der Waals surface area contributed by atoms with E-state index in [1.165, 1.54) is 6.42 Å². The number of hydrogen-bond acceptors (Lipinski definition) is 4. The van der Waals surface area contributed by atoms with E-state index in [4.69, 9.17) is 14.6 Å². The molecule has 1 atom stereocenters. The van der Waals surface area contributed by atoms with E-state index in [0.29, 0.717) is 18.3 Å². The predicted molar refractivity (Wildman–Crippen MR) is 79.9 cm³/mol. The van der Waals surface area contributed by atoms with Gasteiger partial charge in [0.15, 0.2) is 0 Å². The van der Waals surface area contributed by atoms with Crippen molar-refractivity contribution in [2.24, 2.45) is 5.92 Å². The largest absolute Gasteiger partial charge is 0.492 e. The highest BCUT2D eigenvalue weighted by molar-refractivity contribution is 5.87. The number of hydrogen-bond donors (Lipinski definition) is 1. The van der Waals surface area contributed by atoms with Crippen LogP contribution in [0.2, 0.25) is 0 Å². The molecular formula is C16H23NO4. The number of carboxylic acids is 1. The van der Waals surface area contributed by atoms with Gasteiger partial charge in [-0.3, -0.25) is 0 Å². The van der Waals surface area contributed by atoms with Gasteiger partial charge in [-0.15, -0.1) is 0 Å². The van der Waals surface area contributed by atoms with E-state index in [-0.39, 0.29) is 5.56 Å². The molecule has 1 fully saturated rings. The molecule has 5 heteroatoms. The van der Waals surface area contributed by atoms with Crippen LogP contribution in [0.25, 0.3) is 0 Å². The number of rotatable bonds is 7. The summed E-state index contributed by atoms with van der Waals surface area (Å²) in [7, 11) is 2.09. The normalized spacial score (nSPS) is 18.7. The van der Waals surface area contributed by atoms with Crippen molar-refractivity contribution in [1.82, 2.24) is 4.90 Å². The van der Waals surface area contributed by atoms with Crippen LogP contribution in [-0.2, 0) is 4.74 Å². The Bertz CT molecular complexity index is 440. The number of benzene rings is 1. The van der Waals surface area contributed by atoms with Gasteiger partial charge in [0, 0.05) is 19.7 Å². The Hall–Kier alpha value is -1.59. The summed E-state index contributed by atoms with van der Waals surface area (Å²) in [5.41, 5.74) is 0.275. The first kappa shape index (κ1) is 15.8. The molecule has 0 amide bonds. The summed E-state index contributed by atoms with van der Waals surface area (Å²) in [6, 6.07) is 6.50. The first-order chi connectivity index (χ1) is 10.1. The van der Waals surface area contributed by atoms with Crippen LogP contribution in [-0.4, -0.2) is 55.9 Å². The van der Waals surface area contributed by atoms with Gasteiger partial charge in [-0.05, 0) is 50.1 Å². The zero-order valence-corrected chi connectivity index (χ0v) is 12.5. The van der Waals surface area contributed by atoms with E-state index in [9.17, 15) is 4.79 Å². The molecule has 1 aromatic rings. The molecule has 1 aliphatic rings. The van der Waals surface area contributed by atoms with E-state index in [2.05, 4.69) is 11.9 Å². The van der Waals surface area contributed by atoms with E-state index in [0.717, 1.165) is 32.7 Å². The monoisotopic (exact) mass is 293 g/mol. The van der Waals surface area contributed by atoms with Gasteiger partial charge in [0.2, 0.25) is 0 Å². The van der Waals surface area contributed by atoms with Gasteiger partial charge in [-0.1, -0.05) is 0 Å². The minimum absolute atomic E-state index is 0.275. The highest BCUT2D eigenvalue weighted by atomic mass is 16.5. The molecular weight excluding hydrogens is 270 g/mol. The third-order valence-corrected chi connectivity index (χ3v) is 3.67. The fourth-order valence-electron chi connectivity index (χ4n) is 2.50. The summed E-state index contributed by atoms with van der Waals surface area (Å²) in [6.07, 6.45) is 2.40. The Balaban J connectivity index is 1.67. The number of aromatic carboxylic acids is 1. The van der Waals surface area contributed by atoms with E-state index in [1.807, 2.05) is 0 Å². The lowest BCUT2D eigenvalue weighted by Crippen LogP contribution is -2.33. The standard InChI is InChI=1S/C16H23NO4/c1-17(11-13-3-2-9-20-12-13)8-10-21-15-6-4-14(5-7-15)16(18)19/h4-7,13H,2-3,8-12H2,1H3,(H,18,19). The molecule has 1 saturated heterocycles. The summed E-state index contributed by atoms with van der Waals surface area (Å²) in [4.78, 5) is 13.0. The molecule has 0 radical (unpaired) electrons. The van der Waals surface area contributed by atoms with E-state index < -0.39 is 5.97 Å². The minimum atomic E-state index is -0.920. The van der Waals surface area contributed by atoms with Gasteiger partial charge >= 0.3 is 5.97 Å². The molecule has 1 aliphatic heterocycles. The van der Waals surface area contributed by atoms with Crippen molar-refractivity contribution < 1.29 is 19.4 Å². The highest BCUT2D eigenvalue weighted by Crippen LogP contribution is 2.15. The number of carboxylic acid groups (broad SMARTS) is 1. The average molecular weight is 293 g/mol. The quantitative estimate of drug-likeness (QED) is 0.834. The van der Waals surface area contributed by atoms with Gasteiger partial charge in [0.05, 0.1) is 12.2 Å². The highest BCUT2D eigenvalue weighted by Gasteiger charge is 2.15. The smallest absolute Gasteiger partial charge is 0.335 e. The number of carbonyl (C=O) groups is 1. The molecule has 1 heterocycles. The lowest BCUT2D eigenvalue weighted by Gasteiger charge is -2.27. The lowest BCUT2D eigenvalue weighted by molar-refractivity contribution is 0.0405. The van der Waals surface area contributed by atoms with Gasteiger partial charge < -0.3 is 19.5 Å². The van der Waals surface area contributed by atoms with Crippen molar-refractivity contribution >= 4 is 5.97 Å². The first-order valence-electron chi connectivity index (χ1n) is 7.37. The third kappa shape index (κ3) is 5.36. The van der Waals surface area contributed by atoms with Crippen molar-refractivity contribution in [2.45, 2.75) is 12.8 Å². The second kappa shape index (κ2) is 8.00. The topological polar surface area (TPSA) is 59.0 Å². The maximum Gasteiger partial charge on any atom is 0.335 e. The van der Waals surface area contributed by atoms with Crippen LogP contribution in [0.5, 0.6) is 5.75 Å². The molecule has 0 bridgehead atoms. The SMILES string of the molecule is CN(CCOc1ccc(C(=O)O)cc1)CC1CCCOC1. The average Bonchev–Trinajstić information content (AvgIpc) is 2.49. The Kier molecular flexibility index (Phi) is 6.02. The molecule has 21 heavy (non-hydrogen) atoms. The Morgan fingerprint density at radius 2 is 2.19 bits per heavy atom. The summed E-state index contributed by atoms with van der Waals surface area (Å²) in [5, 5.41) is 8.82. The summed E-state index contributed by atoms with van der Waals surface area (Å²) >= 11 is 0. The minimum Gasteiger partial charge on any atom is -0.492 e. The molecule has 0 spiro atoms. The van der Waals surface area contributed by atoms with Crippen molar-refractivity contribution in [3.8, 4) is 5.75 Å². The fourth-order valence-corrected chi connectivity index (χ4v) is 2.50. The van der Waals surface area contributed by atoms with Gasteiger partial charge in [0.1, 0.15) is 12.4 Å². The van der Waals surface area contributed by atoms with Crippen LogP contribution in [0.4, 0.5) is 0 Å². The molecule has 0 aliphatic carbocycles. The molecule has 0 saturated carbocycles. The molecule has 116 valence electrons. The van der Waals surface area contributed by atoms with Gasteiger partial charge in [-0.2, -0.15) is 0 Å². The van der Waals surface area contributed by atoms with Crippen LogP contribution in [0.15, 0.2) is 24.3 Å². The van der Waals surface area contributed by atoms with Crippen molar-refractivity contribution in [3.63, 3.8) is 0 Å². The van der Waals surface area contributed by atoms with E-state index >= 15 is 0 Å². The number of likely N-dealkylation sites (N-methyl/N-ethyl adjacent to an activating group) is 1. The van der Waals surface area contributed by atoms with Crippen LogP contribution in [0, 0.1) is 5.92 Å². The molecule has 1 aromatic carbocycles. The van der Waals surface area contributed by atoms with Crippen molar-refractivity contribution in [1.29, 1.82) is 0 Å². The van der Waals surface area contributed by atoms with Crippen molar-refractivity contribution in [3.05, 3.63) is 29.8 Å². The predicted octanol–water partition coefficient (Wildman–Crippen LogP) is 2.12. The lowest BCUT2D eigenvalue weighted by atomic mass is 10.0. The fraction of sp³-hybridized carbons (Fsp3) is 0.562. The Morgan fingerprint density at radius 1 is 1.43 bits per heavy atom. The van der Waals surface area contributed by atoms with Gasteiger partial charge in [-0.25, -0.2) is 4.79 Å². The molecule has 1 unspecified atom stereocenters.